The van der Waals surface area contributed by atoms with E-state index in [2.05, 4.69) is 41.7 Å². The molecular formula is C21H25NO. The zero-order valence-corrected chi connectivity index (χ0v) is 13.6. The van der Waals surface area contributed by atoms with Crippen LogP contribution in [0.3, 0.4) is 0 Å². The highest BCUT2D eigenvalue weighted by Crippen LogP contribution is 2.27. The second-order valence-electron chi connectivity index (χ2n) is 6.48. The number of rotatable bonds is 6. The molecule has 0 spiro atoms. The van der Waals surface area contributed by atoms with Crippen LogP contribution in [0.4, 0.5) is 0 Å². The first-order chi connectivity index (χ1) is 11.3. The van der Waals surface area contributed by atoms with Crippen molar-refractivity contribution < 1.29 is 4.79 Å². The lowest BCUT2D eigenvalue weighted by Gasteiger charge is -2.21. The smallest absolute Gasteiger partial charge is 0.223 e. The van der Waals surface area contributed by atoms with Crippen molar-refractivity contribution in [1.82, 2.24) is 5.32 Å². The zero-order valence-electron chi connectivity index (χ0n) is 13.6. The third-order valence-corrected chi connectivity index (χ3v) is 4.81. The number of amides is 1. The molecule has 0 heterocycles. The van der Waals surface area contributed by atoms with Crippen LogP contribution in [0.25, 0.3) is 0 Å². The fraction of sp³-hybridized carbons (Fsp3) is 0.381. The monoisotopic (exact) mass is 307 g/mol. The number of hydrogen-bond acceptors (Lipinski definition) is 1. The predicted octanol–water partition coefficient (Wildman–Crippen LogP) is 4.67. The van der Waals surface area contributed by atoms with Gasteiger partial charge in [0.25, 0.3) is 0 Å². The van der Waals surface area contributed by atoms with Crippen molar-refractivity contribution in [3.8, 4) is 0 Å². The summed E-state index contributed by atoms with van der Waals surface area (Å²) in [6, 6.07) is 20.9. The van der Waals surface area contributed by atoms with Crippen LogP contribution in [0.15, 0.2) is 60.7 Å². The van der Waals surface area contributed by atoms with Gasteiger partial charge in [0, 0.05) is 5.92 Å². The lowest BCUT2D eigenvalue weighted by Crippen LogP contribution is -2.33. The largest absolute Gasteiger partial charge is 0.349 e. The number of carbonyl (C=O) groups excluding carboxylic acids is 1. The maximum Gasteiger partial charge on any atom is 0.223 e. The van der Waals surface area contributed by atoms with Gasteiger partial charge in [-0.1, -0.05) is 73.5 Å². The van der Waals surface area contributed by atoms with E-state index in [4.69, 9.17) is 0 Å². The summed E-state index contributed by atoms with van der Waals surface area (Å²) in [6.07, 6.45) is 6.39. The van der Waals surface area contributed by atoms with Crippen LogP contribution >= 0.6 is 0 Å². The van der Waals surface area contributed by atoms with Crippen molar-refractivity contribution in [3.63, 3.8) is 0 Å². The summed E-state index contributed by atoms with van der Waals surface area (Å²) in [5, 5.41) is 3.31. The van der Waals surface area contributed by atoms with Gasteiger partial charge in [0.1, 0.15) is 0 Å². The molecular weight excluding hydrogens is 282 g/mol. The highest BCUT2D eigenvalue weighted by atomic mass is 16.1. The Labute approximate surface area is 138 Å². The summed E-state index contributed by atoms with van der Waals surface area (Å²) in [4.78, 5) is 12.5. The fourth-order valence-corrected chi connectivity index (χ4v) is 3.44. The van der Waals surface area contributed by atoms with E-state index in [1.165, 1.54) is 24.0 Å². The Hall–Kier alpha value is -2.09. The Morgan fingerprint density at radius 2 is 1.57 bits per heavy atom. The van der Waals surface area contributed by atoms with Gasteiger partial charge in [-0.15, -0.1) is 0 Å². The van der Waals surface area contributed by atoms with E-state index < -0.39 is 0 Å². The van der Waals surface area contributed by atoms with Crippen molar-refractivity contribution in [2.24, 2.45) is 5.92 Å². The van der Waals surface area contributed by atoms with Gasteiger partial charge in [0.2, 0.25) is 5.91 Å². The number of aryl methyl sites for hydroxylation is 1. The molecule has 1 amide bonds. The summed E-state index contributed by atoms with van der Waals surface area (Å²) in [7, 11) is 0. The Balaban J connectivity index is 1.67. The minimum absolute atomic E-state index is 0.101. The second-order valence-corrected chi connectivity index (χ2v) is 6.48. The van der Waals surface area contributed by atoms with E-state index in [0.29, 0.717) is 0 Å². The van der Waals surface area contributed by atoms with Crippen LogP contribution in [-0.4, -0.2) is 5.91 Å². The summed E-state index contributed by atoms with van der Waals surface area (Å²) in [5.41, 5.74) is 2.53. The number of hydrogen-bond donors (Lipinski definition) is 1. The summed E-state index contributed by atoms with van der Waals surface area (Å²) < 4.78 is 0. The van der Waals surface area contributed by atoms with Crippen molar-refractivity contribution in [2.75, 3.05) is 0 Å². The Bertz CT molecular complexity index is 602. The molecule has 2 nitrogen and oxygen atoms in total. The zero-order chi connectivity index (χ0) is 15.9. The molecule has 0 unspecified atom stereocenters. The third-order valence-electron chi connectivity index (χ3n) is 4.81. The van der Waals surface area contributed by atoms with E-state index in [-0.39, 0.29) is 17.9 Å². The quantitative estimate of drug-likeness (QED) is 0.825. The highest BCUT2D eigenvalue weighted by molar-refractivity contribution is 5.79. The molecule has 1 aliphatic rings. The molecule has 23 heavy (non-hydrogen) atoms. The van der Waals surface area contributed by atoms with Gasteiger partial charge in [0.05, 0.1) is 6.04 Å². The average molecular weight is 307 g/mol. The van der Waals surface area contributed by atoms with Gasteiger partial charge in [-0.3, -0.25) is 4.79 Å². The highest BCUT2D eigenvalue weighted by Gasteiger charge is 2.25. The Morgan fingerprint density at radius 3 is 2.22 bits per heavy atom. The molecule has 2 aromatic carbocycles. The van der Waals surface area contributed by atoms with Crippen LogP contribution in [0.1, 0.15) is 49.3 Å². The fourth-order valence-electron chi connectivity index (χ4n) is 3.44. The molecule has 1 N–H and O–H groups in total. The summed E-state index contributed by atoms with van der Waals surface area (Å²) >= 11 is 0. The van der Waals surface area contributed by atoms with E-state index in [9.17, 15) is 4.79 Å². The third kappa shape index (κ3) is 4.44. The first-order valence-corrected chi connectivity index (χ1v) is 8.72. The van der Waals surface area contributed by atoms with Crippen LogP contribution in [-0.2, 0) is 11.2 Å². The van der Waals surface area contributed by atoms with Gasteiger partial charge in [-0.05, 0) is 36.8 Å². The molecule has 0 radical (unpaired) electrons. The lowest BCUT2D eigenvalue weighted by atomic mass is 9.97. The second kappa shape index (κ2) is 7.96. The van der Waals surface area contributed by atoms with Crippen molar-refractivity contribution in [2.45, 2.75) is 44.6 Å². The van der Waals surface area contributed by atoms with Crippen molar-refractivity contribution in [3.05, 3.63) is 71.8 Å². The molecule has 1 atom stereocenters. The van der Waals surface area contributed by atoms with Crippen LogP contribution in [0.2, 0.25) is 0 Å². The predicted molar refractivity (Wildman–Crippen MR) is 94.0 cm³/mol. The van der Waals surface area contributed by atoms with Gasteiger partial charge in [0.15, 0.2) is 0 Å². The van der Waals surface area contributed by atoms with Gasteiger partial charge in [-0.25, -0.2) is 0 Å². The van der Waals surface area contributed by atoms with Crippen molar-refractivity contribution >= 4 is 5.91 Å². The molecule has 2 heteroatoms. The summed E-state index contributed by atoms with van der Waals surface area (Å²) in [6.45, 7) is 0. The van der Waals surface area contributed by atoms with Gasteiger partial charge >= 0.3 is 0 Å². The van der Waals surface area contributed by atoms with Crippen LogP contribution in [0.5, 0.6) is 0 Å². The standard InChI is InChI=1S/C21H25NO/c23-21(19-13-7-8-14-19)22-20(18-11-5-2-6-12-18)16-15-17-9-3-1-4-10-17/h1-6,9-12,19-20H,7-8,13-16H2,(H,22,23)/t20-/m0/s1. The first kappa shape index (κ1) is 15.8. The molecule has 2 aromatic rings. The van der Waals surface area contributed by atoms with E-state index in [1.807, 2.05) is 24.3 Å². The lowest BCUT2D eigenvalue weighted by molar-refractivity contribution is -0.125. The maximum absolute atomic E-state index is 12.5. The molecule has 0 bridgehead atoms. The molecule has 0 saturated heterocycles. The molecule has 0 aliphatic heterocycles. The minimum Gasteiger partial charge on any atom is -0.349 e. The van der Waals surface area contributed by atoms with Crippen molar-refractivity contribution in [1.29, 1.82) is 0 Å². The number of benzene rings is 2. The van der Waals surface area contributed by atoms with E-state index in [1.54, 1.807) is 0 Å². The van der Waals surface area contributed by atoms with E-state index in [0.717, 1.165) is 25.7 Å². The minimum atomic E-state index is 0.101. The Morgan fingerprint density at radius 1 is 0.957 bits per heavy atom. The molecule has 1 saturated carbocycles. The first-order valence-electron chi connectivity index (χ1n) is 8.72. The molecule has 3 rings (SSSR count). The maximum atomic E-state index is 12.5. The topological polar surface area (TPSA) is 29.1 Å². The van der Waals surface area contributed by atoms with Gasteiger partial charge in [-0.2, -0.15) is 0 Å². The number of nitrogens with one attached hydrogen (secondary N) is 1. The average Bonchev–Trinajstić information content (AvgIpc) is 3.15. The molecule has 1 fully saturated rings. The normalized spacial score (nSPS) is 16.2. The Kier molecular flexibility index (Phi) is 5.46. The van der Waals surface area contributed by atoms with E-state index >= 15 is 0 Å². The SMILES string of the molecule is O=C(N[C@@H](CCc1ccccc1)c1ccccc1)C1CCCC1. The number of carbonyl (C=O) groups is 1. The molecule has 1 aliphatic carbocycles. The molecule has 120 valence electrons. The molecule has 0 aromatic heterocycles. The van der Waals surface area contributed by atoms with Gasteiger partial charge < -0.3 is 5.32 Å². The van der Waals surface area contributed by atoms with Crippen LogP contribution < -0.4 is 5.32 Å². The van der Waals surface area contributed by atoms with Crippen LogP contribution in [0, 0.1) is 5.92 Å². The summed E-state index contributed by atoms with van der Waals surface area (Å²) in [5.74, 6) is 0.461.